The zero-order valence-corrected chi connectivity index (χ0v) is 14.7. The van der Waals surface area contributed by atoms with Gasteiger partial charge < -0.3 is 4.90 Å². The minimum absolute atomic E-state index is 0.198. The molecular formula is C16H17N5OS2. The summed E-state index contributed by atoms with van der Waals surface area (Å²) >= 11 is 3.08. The topological polar surface area (TPSA) is 63.4 Å². The highest BCUT2D eigenvalue weighted by molar-refractivity contribution is 7.99. The maximum absolute atomic E-state index is 12.3. The second kappa shape index (κ2) is 6.90. The number of thiophene rings is 1. The molecule has 1 saturated heterocycles. The fraction of sp³-hybridized carbons (Fsp3) is 0.375. The summed E-state index contributed by atoms with van der Waals surface area (Å²) in [5.74, 6) is 1.36. The van der Waals surface area contributed by atoms with E-state index in [1.54, 1.807) is 15.9 Å². The standard InChI is InChI=1S/C16H17N5OS2/c22-15(20-8-2-1-3-9-20)11-24-14-7-6-13-17-18-16(21(13)19-14)12-5-4-10-23-12/h4-7,10H,1-3,8-9,11H2. The van der Waals surface area contributed by atoms with Crippen molar-refractivity contribution in [1.29, 1.82) is 0 Å². The molecule has 0 bridgehead atoms. The number of carbonyl (C=O) groups excluding carboxylic acids is 1. The first kappa shape index (κ1) is 15.6. The van der Waals surface area contributed by atoms with E-state index >= 15 is 0 Å². The highest BCUT2D eigenvalue weighted by Gasteiger charge is 2.17. The molecule has 124 valence electrons. The number of rotatable bonds is 4. The van der Waals surface area contributed by atoms with E-state index < -0.39 is 0 Å². The Balaban J connectivity index is 1.50. The molecule has 6 nitrogen and oxygen atoms in total. The Morgan fingerprint density at radius 1 is 1.17 bits per heavy atom. The molecule has 8 heteroatoms. The molecular weight excluding hydrogens is 342 g/mol. The molecule has 0 spiro atoms. The Kier molecular flexibility index (Phi) is 4.48. The van der Waals surface area contributed by atoms with Crippen molar-refractivity contribution in [2.24, 2.45) is 0 Å². The van der Waals surface area contributed by atoms with Gasteiger partial charge in [0.2, 0.25) is 5.91 Å². The van der Waals surface area contributed by atoms with Crippen molar-refractivity contribution in [3.63, 3.8) is 0 Å². The van der Waals surface area contributed by atoms with Crippen LogP contribution in [0.2, 0.25) is 0 Å². The third kappa shape index (κ3) is 3.16. The van der Waals surface area contributed by atoms with Crippen LogP contribution in [0.3, 0.4) is 0 Å². The summed E-state index contributed by atoms with van der Waals surface area (Å²) in [6.45, 7) is 1.78. The van der Waals surface area contributed by atoms with E-state index in [4.69, 9.17) is 0 Å². The minimum atomic E-state index is 0.198. The van der Waals surface area contributed by atoms with Gasteiger partial charge in [-0.1, -0.05) is 17.8 Å². The van der Waals surface area contributed by atoms with Crippen LogP contribution in [0.4, 0.5) is 0 Å². The summed E-state index contributed by atoms with van der Waals surface area (Å²) in [6.07, 6.45) is 3.46. The Bertz CT molecular complexity index is 839. The first-order valence-corrected chi connectivity index (χ1v) is 9.85. The summed E-state index contributed by atoms with van der Waals surface area (Å²) < 4.78 is 1.75. The second-order valence-corrected chi connectivity index (χ2v) is 7.62. The third-order valence-corrected chi connectivity index (χ3v) is 5.80. The Hall–Kier alpha value is -1.93. The van der Waals surface area contributed by atoms with Crippen molar-refractivity contribution in [3.05, 3.63) is 29.6 Å². The van der Waals surface area contributed by atoms with Crippen molar-refractivity contribution in [1.82, 2.24) is 24.7 Å². The fourth-order valence-corrected chi connectivity index (χ4v) is 4.23. The molecule has 0 saturated carbocycles. The molecule has 4 heterocycles. The lowest BCUT2D eigenvalue weighted by molar-refractivity contribution is -0.129. The molecule has 0 aromatic carbocycles. The van der Waals surface area contributed by atoms with Crippen molar-refractivity contribution in [3.8, 4) is 10.7 Å². The van der Waals surface area contributed by atoms with Gasteiger partial charge in [-0.15, -0.1) is 21.5 Å². The summed E-state index contributed by atoms with van der Waals surface area (Å²) in [5.41, 5.74) is 0.713. The van der Waals surface area contributed by atoms with E-state index in [1.807, 2.05) is 34.5 Å². The number of hydrogen-bond donors (Lipinski definition) is 0. The van der Waals surface area contributed by atoms with Crippen LogP contribution in [0, 0.1) is 0 Å². The van der Waals surface area contributed by atoms with Crippen LogP contribution in [0.15, 0.2) is 34.7 Å². The lowest BCUT2D eigenvalue weighted by Crippen LogP contribution is -2.36. The van der Waals surface area contributed by atoms with Gasteiger partial charge in [-0.2, -0.15) is 9.61 Å². The average Bonchev–Trinajstić information content (AvgIpc) is 3.29. The van der Waals surface area contributed by atoms with Gasteiger partial charge in [0.1, 0.15) is 5.03 Å². The Morgan fingerprint density at radius 2 is 2.04 bits per heavy atom. The molecule has 1 amide bonds. The van der Waals surface area contributed by atoms with E-state index in [0.717, 1.165) is 41.7 Å². The SMILES string of the molecule is O=C(CSc1ccc2nnc(-c3cccs3)n2n1)N1CCCCC1. The van der Waals surface area contributed by atoms with Crippen LogP contribution in [0.5, 0.6) is 0 Å². The van der Waals surface area contributed by atoms with Crippen LogP contribution in [-0.2, 0) is 4.79 Å². The highest BCUT2D eigenvalue weighted by atomic mass is 32.2. The van der Waals surface area contributed by atoms with Gasteiger partial charge in [-0.05, 0) is 42.8 Å². The van der Waals surface area contributed by atoms with Gasteiger partial charge in [-0.25, -0.2) is 0 Å². The number of amides is 1. The van der Waals surface area contributed by atoms with Gasteiger partial charge in [0.05, 0.1) is 10.6 Å². The quantitative estimate of drug-likeness (QED) is 0.670. The van der Waals surface area contributed by atoms with Crippen LogP contribution in [0.25, 0.3) is 16.3 Å². The molecule has 3 aromatic rings. The molecule has 24 heavy (non-hydrogen) atoms. The molecule has 0 N–H and O–H groups in total. The molecule has 1 aliphatic heterocycles. The molecule has 4 rings (SSSR count). The maximum atomic E-state index is 12.3. The maximum Gasteiger partial charge on any atom is 0.232 e. The van der Waals surface area contributed by atoms with Gasteiger partial charge >= 0.3 is 0 Å². The number of nitrogens with zero attached hydrogens (tertiary/aromatic N) is 5. The molecule has 0 aliphatic carbocycles. The van der Waals surface area contributed by atoms with E-state index in [1.165, 1.54) is 18.2 Å². The Labute approximate surface area is 147 Å². The van der Waals surface area contributed by atoms with Crippen LogP contribution >= 0.6 is 23.1 Å². The van der Waals surface area contributed by atoms with Crippen molar-refractivity contribution in [2.75, 3.05) is 18.8 Å². The largest absolute Gasteiger partial charge is 0.342 e. The minimum Gasteiger partial charge on any atom is -0.342 e. The lowest BCUT2D eigenvalue weighted by atomic mass is 10.1. The summed E-state index contributed by atoms with van der Waals surface area (Å²) in [6, 6.07) is 7.78. The number of thioether (sulfide) groups is 1. The second-order valence-electron chi connectivity index (χ2n) is 5.67. The van der Waals surface area contributed by atoms with Gasteiger partial charge in [0.25, 0.3) is 0 Å². The van der Waals surface area contributed by atoms with Crippen LogP contribution in [0.1, 0.15) is 19.3 Å². The predicted molar refractivity (Wildman–Crippen MR) is 95.3 cm³/mol. The number of piperidine rings is 1. The molecule has 0 atom stereocenters. The van der Waals surface area contributed by atoms with E-state index in [9.17, 15) is 4.79 Å². The Morgan fingerprint density at radius 3 is 2.83 bits per heavy atom. The smallest absolute Gasteiger partial charge is 0.232 e. The van der Waals surface area contributed by atoms with Crippen molar-refractivity contribution >= 4 is 34.7 Å². The van der Waals surface area contributed by atoms with Gasteiger partial charge in [0, 0.05) is 13.1 Å². The summed E-state index contributed by atoms with van der Waals surface area (Å²) in [7, 11) is 0. The predicted octanol–water partition coefficient (Wildman–Crippen LogP) is 2.96. The van der Waals surface area contributed by atoms with E-state index in [-0.39, 0.29) is 5.91 Å². The number of likely N-dealkylation sites (tertiary alicyclic amines) is 1. The number of aromatic nitrogens is 4. The number of carbonyl (C=O) groups is 1. The normalized spacial score (nSPS) is 15.1. The number of hydrogen-bond acceptors (Lipinski definition) is 6. The molecule has 1 fully saturated rings. The third-order valence-electron chi connectivity index (χ3n) is 4.03. The van der Waals surface area contributed by atoms with Crippen molar-refractivity contribution < 1.29 is 4.79 Å². The first-order chi connectivity index (χ1) is 11.8. The van der Waals surface area contributed by atoms with E-state index in [2.05, 4.69) is 15.3 Å². The molecule has 0 radical (unpaired) electrons. The van der Waals surface area contributed by atoms with Crippen LogP contribution < -0.4 is 0 Å². The fourth-order valence-electron chi connectivity index (χ4n) is 2.78. The monoisotopic (exact) mass is 359 g/mol. The first-order valence-electron chi connectivity index (χ1n) is 7.98. The zero-order chi connectivity index (χ0) is 16.4. The summed E-state index contributed by atoms with van der Waals surface area (Å²) in [5, 5.41) is 15.8. The zero-order valence-electron chi connectivity index (χ0n) is 13.1. The average molecular weight is 359 g/mol. The van der Waals surface area contributed by atoms with E-state index in [0.29, 0.717) is 11.4 Å². The number of fused-ring (bicyclic) bond motifs is 1. The van der Waals surface area contributed by atoms with Gasteiger partial charge in [0.15, 0.2) is 11.5 Å². The van der Waals surface area contributed by atoms with Crippen LogP contribution in [-0.4, -0.2) is 49.5 Å². The lowest BCUT2D eigenvalue weighted by Gasteiger charge is -2.26. The molecule has 0 unspecified atom stereocenters. The van der Waals surface area contributed by atoms with Crippen molar-refractivity contribution in [2.45, 2.75) is 24.3 Å². The van der Waals surface area contributed by atoms with Gasteiger partial charge in [-0.3, -0.25) is 4.79 Å². The highest BCUT2D eigenvalue weighted by Crippen LogP contribution is 2.24. The summed E-state index contributed by atoms with van der Waals surface area (Å²) in [4.78, 5) is 15.3. The molecule has 3 aromatic heterocycles. The molecule has 1 aliphatic rings.